The molecule has 1 aromatic carbocycles. The summed E-state index contributed by atoms with van der Waals surface area (Å²) in [6, 6.07) is 6.72. The lowest BCUT2D eigenvalue weighted by Gasteiger charge is -2.07. The van der Waals surface area contributed by atoms with Gasteiger partial charge in [0.05, 0.1) is 11.6 Å². The molecule has 0 aliphatic carbocycles. The summed E-state index contributed by atoms with van der Waals surface area (Å²) in [7, 11) is 0. The molecule has 0 saturated heterocycles. The molecular weight excluding hydrogens is 254 g/mol. The van der Waals surface area contributed by atoms with E-state index in [2.05, 4.69) is 20.4 Å². The van der Waals surface area contributed by atoms with Gasteiger partial charge in [-0.25, -0.2) is 0 Å². The number of rotatable bonds is 1. The number of phenols is 1. The second kappa shape index (κ2) is 4.31. The molecule has 98 valence electrons. The second-order valence-electron chi connectivity index (χ2n) is 4.56. The minimum atomic E-state index is 0.0157. The van der Waals surface area contributed by atoms with E-state index in [0.717, 1.165) is 16.6 Å². The number of fused-ring (bicyclic) bond motifs is 1. The summed E-state index contributed by atoms with van der Waals surface area (Å²) in [6.45, 7) is 3.82. The topological polar surface area (TPSA) is 98.5 Å². The van der Waals surface area contributed by atoms with E-state index in [1.165, 1.54) is 6.07 Å². The van der Waals surface area contributed by atoms with Crippen molar-refractivity contribution in [1.82, 2.24) is 20.4 Å². The summed E-state index contributed by atoms with van der Waals surface area (Å²) < 4.78 is 0. The number of nitrogens with zero attached hydrogens (tertiary/aromatic N) is 4. The van der Waals surface area contributed by atoms with Crippen LogP contribution < -0.4 is 0 Å². The van der Waals surface area contributed by atoms with Crippen LogP contribution in [0.3, 0.4) is 0 Å². The van der Waals surface area contributed by atoms with E-state index in [9.17, 15) is 5.11 Å². The minimum Gasteiger partial charge on any atom is -0.507 e. The van der Waals surface area contributed by atoms with Crippen LogP contribution in [0.4, 0.5) is 0 Å². The Morgan fingerprint density at radius 1 is 1.25 bits per heavy atom. The van der Waals surface area contributed by atoms with Crippen LogP contribution in [0, 0.1) is 25.2 Å². The normalized spacial score (nSPS) is 10.7. The number of hydrogen-bond acceptors (Lipinski definition) is 5. The van der Waals surface area contributed by atoms with E-state index in [4.69, 9.17) is 5.26 Å². The molecule has 2 N–H and O–H groups in total. The molecule has 0 aliphatic heterocycles. The molecule has 6 heteroatoms. The van der Waals surface area contributed by atoms with Crippen LogP contribution in [0.5, 0.6) is 5.75 Å². The van der Waals surface area contributed by atoms with E-state index in [1.807, 2.05) is 19.9 Å². The van der Waals surface area contributed by atoms with Crippen molar-refractivity contribution in [3.8, 4) is 23.1 Å². The van der Waals surface area contributed by atoms with Crippen molar-refractivity contribution in [2.45, 2.75) is 13.8 Å². The van der Waals surface area contributed by atoms with E-state index in [0.29, 0.717) is 22.5 Å². The number of nitriles is 1. The van der Waals surface area contributed by atoms with E-state index in [-0.39, 0.29) is 5.75 Å². The maximum absolute atomic E-state index is 10.1. The molecule has 3 rings (SSSR count). The third-order valence-electron chi connectivity index (χ3n) is 3.28. The van der Waals surface area contributed by atoms with Crippen LogP contribution in [0.25, 0.3) is 22.3 Å². The van der Waals surface area contributed by atoms with Gasteiger partial charge in [0.1, 0.15) is 11.4 Å². The number of aromatic nitrogens is 4. The third-order valence-corrected chi connectivity index (χ3v) is 3.28. The molecule has 0 aliphatic rings. The highest BCUT2D eigenvalue weighted by molar-refractivity contribution is 5.87. The van der Waals surface area contributed by atoms with Crippen molar-refractivity contribution in [1.29, 1.82) is 5.26 Å². The van der Waals surface area contributed by atoms with Crippen molar-refractivity contribution in [3.63, 3.8) is 0 Å². The summed E-state index contributed by atoms with van der Waals surface area (Å²) in [5.74, 6) is 0.0157. The molecule has 0 atom stereocenters. The number of phenolic OH excluding ortho intramolecular Hbond substituents is 1. The van der Waals surface area contributed by atoms with Crippen LogP contribution in [0.15, 0.2) is 18.2 Å². The van der Waals surface area contributed by atoms with Crippen molar-refractivity contribution in [3.05, 3.63) is 35.0 Å². The monoisotopic (exact) mass is 265 g/mol. The zero-order chi connectivity index (χ0) is 14.3. The molecule has 2 heterocycles. The van der Waals surface area contributed by atoms with Crippen molar-refractivity contribution >= 4 is 11.0 Å². The zero-order valence-corrected chi connectivity index (χ0v) is 11.0. The van der Waals surface area contributed by atoms with Gasteiger partial charge < -0.3 is 5.11 Å². The van der Waals surface area contributed by atoms with Crippen LogP contribution in [0.2, 0.25) is 0 Å². The van der Waals surface area contributed by atoms with Gasteiger partial charge in [0.2, 0.25) is 5.65 Å². The highest BCUT2D eigenvalue weighted by atomic mass is 16.3. The van der Waals surface area contributed by atoms with Gasteiger partial charge in [-0.2, -0.15) is 10.4 Å². The Balaban J connectivity index is 2.27. The molecule has 2 aromatic heterocycles. The Labute approximate surface area is 114 Å². The number of aryl methyl sites for hydroxylation is 2. The molecule has 0 fully saturated rings. The molecule has 0 bridgehead atoms. The highest BCUT2D eigenvalue weighted by Crippen LogP contribution is 2.33. The molecule has 0 spiro atoms. The molecule has 3 aromatic rings. The van der Waals surface area contributed by atoms with Gasteiger partial charge in [-0.05, 0) is 37.6 Å². The van der Waals surface area contributed by atoms with Gasteiger partial charge >= 0.3 is 0 Å². The first-order chi connectivity index (χ1) is 9.61. The maximum atomic E-state index is 10.1. The third kappa shape index (κ3) is 1.68. The van der Waals surface area contributed by atoms with E-state index in [1.54, 1.807) is 12.1 Å². The van der Waals surface area contributed by atoms with Crippen LogP contribution in [0.1, 0.15) is 16.8 Å². The molecule has 20 heavy (non-hydrogen) atoms. The maximum Gasteiger partial charge on any atom is 0.203 e. The number of hydrogen-bond donors (Lipinski definition) is 2. The summed E-state index contributed by atoms with van der Waals surface area (Å²) in [5.41, 5.74) is 3.89. The first kappa shape index (κ1) is 12.1. The number of H-pyrrole nitrogens is 1. The van der Waals surface area contributed by atoms with Crippen molar-refractivity contribution in [2.24, 2.45) is 0 Å². The summed E-state index contributed by atoms with van der Waals surface area (Å²) in [5, 5.41) is 34.9. The zero-order valence-electron chi connectivity index (χ0n) is 11.0. The standard InChI is InChI=1S/C14H11N5O/c1-7-12-8(2)16-18-14(12)19-17-13(7)10-4-3-9(6-15)5-11(10)20/h3-5,20H,1-2H3,(H,16,18,19). The Hall–Kier alpha value is -2.94. The Morgan fingerprint density at radius 2 is 2.05 bits per heavy atom. The van der Waals surface area contributed by atoms with Crippen LogP contribution in [-0.2, 0) is 0 Å². The largest absolute Gasteiger partial charge is 0.507 e. The fourth-order valence-corrected chi connectivity index (χ4v) is 2.29. The van der Waals surface area contributed by atoms with Gasteiger partial charge in [-0.1, -0.05) is 0 Å². The smallest absolute Gasteiger partial charge is 0.203 e. The van der Waals surface area contributed by atoms with Gasteiger partial charge in [0, 0.05) is 16.6 Å². The summed E-state index contributed by atoms with van der Waals surface area (Å²) in [6.07, 6.45) is 0. The molecule has 0 radical (unpaired) electrons. The number of benzene rings is 1. The first-order valence-electron chi connectivity index (χ1n) is 6.03. The Bertz CT molecular complexity index is 860. The Kier molecular flexibility index (Phi) is 2.61. The van der Waals surface area contributed by atoms with Crippen molar-refractivity contribution < 1.29 is 5.11 Å². The summed E-state index contributed by atoms with van der Waals surface area (Å²) in [4.78, 5) is 0. The van der Waals surface area contributed by atoms with Crippen molar-refractivity contribution in [2.75, 3.05) is 0 Å². The number of nitrogens with one attached hydrogen (secondary N) is 1. The van der Waals surface area contributed by atoms with Gasteiger partial charge in [0.25, 0.3) is 0 Å². The second-order valence-corrected chi connectivity index (χ2v) is 4.56. The molecular formula is C14H11N5O. The number of aromatic amines is 1. The average Bonchev–Trinajstić information content (AvgIpc) is 2.82. The van der Waals surface area contributed by atoms with Gasteiger partial charge in [-0.15, -0.1) is 10.2 Å². The van der Waals surface area contributed by atoms with E-state index < -0.39 is 0 Å². The predicted molar refractivity (Wildman–Crippen MR) is 73.0 cm³/mol. The lowest BCUT2D eigenvalue weighted by Crippen LogP contribution is -1.94. The average molecular weight is 265 g/mol. The first-order valence-corrected chi connectivity index (χ1v) is 6.03. The number of aromatic hydroxyl groups is 1. The van der Waals surface area contributed by atoms with Crippen LogP contribution >= 0.6 is 0 Å². The molecule has 0 unspecified atom stereocenters. The molecule has 0 amide bonds. The highest BCUT2D eigenvalue weighted by Gasteiger charge is 2.15. The fraction of sp³-hybridized carbons (Fsp3) is 0.143. The predicted octanol–water partition coefficient (Wildman–Crippen LogP) is 2.21. The SMILES string of the molecule is Cc1[nH]nc2nnc(-c3ccc(C#N)cc3O)c(C)c12. The lowest BCUT2D eigenvalue weighted by molar-refractivity contribution is 0.477. The lowest BCUT2D eigenvalue weighted by atomic mass is 10.0. The van der Waals surface area contributed by atoms with E-state index >= 15 is 0 Å². The van der Waals surface area contributed by atoms with Gasteiger partial charge in [-0.3, -0.25) is 5.10 Å². The molecule has 6 nitrogen and oxygen atoms in total. The summed E-state index contributed by atoms with van der Waals surface area (Å²) >= 11 is 0. The fourth-order valence-electron chi connectivity index (χ4n) is 2.29. The molecule has 0 saturated carbocycles. The Morgan fingerprint density at radius 3 is 2.75 bits per heavy atom. The quantitative estimate of drug-likeness (QED) is 0.702. The van der Waals surface area contributed by atoms with Gasteiger partial charge in [0.15, 0.2) is 0 Å². The minimum absolute atomic E-state index is 0.0157. The van der Waals surface area contributed by atoms with Crippen LogP contribution in [-0.4, -0.2) is 25.5 Å².